The van der Waals surface area contributed by atoms with Gasteiger partial charge in [0.1, 0.15) is 5.75 Å². The predicted octanol–water partition coefficient (Wildman–Crippen LogP) is 3.42. The van der Waals surface area contributed by atoms with Crippen LogP contribution in [0.4, 0.5) is 10.5 Å². The molecule has 2 amide bonds. The summed E-state index contributed by atoms with van der Waals surface area (Å²) in [7, 11) is 0. The number of ether oxygens (including phenoxy) is 2. The molecule has 0 radical (unpaired) electrons. The second-order valence-electron chi connectivity index (χ2n) is 6.09. The molecule has 6 heteroatoms. The number of likely N-dealkylation sites (tertiary alicyclic amines) is 1. The first-order valence-corrected chi connectivity index (χ1v) is 8.49. The number of rotatable bonds is 5. The van der Waals surface area contributed by atoms with E-state index in [9.17, 15) is 9.59 Å². The average Bonchev–Trinajstić information content (AvgIpc) is 2.53. The van der Waals surface area contributed by atoms with Crippen LogP contribution >= 0.6 is 0 Å². The smallest absolute Gasteiger partial charge is 0.411 e. The monoisotopic (exact) mass is 334 g/mol. The molecule has 0 aliphatic carbocycles. The minimum absolute atomic E-state index is 0.00143. The van der Waals surface area contributed by atoms with E-state index in [2.05, 4.69) is 19.2 Å². The van der Waals surface area contributed by atoms with Crippen molar-refractivity contribution >= 4 is 17.7 Å². The van der Waals surface area contributed by atoms with Crippen molar-refractivity contribution < 1.29 is 19.1 Å². The van der Waals surface area contributed by atoms with Gasteiger partial charge in [0.25, 0.3) is 5.91 Å². The largest absolute Gasteiger partial charge is 0.484 e. The van der Waals surface area contributed by atoms with Crippen molar-refractivity contribution in [3.63, 3.8) is 0 Å². The van der Waals surface area contributed by atoms with Gasteiger partial charge in [-0.1, -0.05) is 6.07 Å². The number of anilines is 1. The second-order valence-corrected chi connectivity index (χ2v) is 6.09. The molecule has 1 fully saturated rings. The number of hydrogen-bond acceptors (Lipinski definition) is 4. The lowest BCUT2D eigenvalue weighted by atomic mass is 9.97. The SMILES string of the molecule is CCOC(=O)Nc1cccc(OCC(=O)N2[C@@H](C)CCC[C@@H]2C)c1. The van der Waals surface area contributed by atoms with Gasteiger partial charge in [-0.15, -0.1) is 0 Å². The Labute approximate surface area is 143 Å². The number of hydrogen-bond donors (Lipinski definition) is 1. The Morgan fingerprint density at radius 3 is 2.62 bits per heavy atom. The van der Waals surface area contributed by atoms with Crippen molar-refractivity contribution in [1.82, 2.24) is 4.90 Å². The van der Waals surface area contributed by atoms with Crippen molar-refractivity contribution in [3.8, 4) is 5.75 Å². The lowest BCUT2D eigenvalue weighted by Gasteiger charge is -2.38. The zero-order valence-corrected chi connectivity index (χ0v) is 14.6. The third-order valence-corrected chi connectivity index (χ3v) is 4.20. The Bertz CT molecular complexity index is 566. The van der Waals surface area contributed by atoms with Gasteiger partial charge < -0.3 is 14.4 Å². The van der Waals surface area contributed by atoms with Gasteiger partial charge in [-0.3, -0.25) is 10.1 Å². The molecule has 0 bridgehead atoms. The Morgan fingerprint density at radius 2 is 1.96 bits per heavy atom. The zero-order valence-electron chi connectivity index (χ0n) is 14.6. The summed E-state index contributed by atoms with van der Waals surface area (Å²) in [4.78, 5) is 25.8. The van der Waals surface area contributed by atoms with Crippen molar-refractivity contribution in [3.05, 3.63) is 24.3 Å². The van der Waals surface area contributed by atoms with Crippen LogP contribution in [-0.4, -0.2) is 42.2 Å². The van der Waals surface area contributed by atoms with Crippen LogP contribution in [0.15, 0.2) is 24.3 Å². The molecule has 0 spiro atoms. The second kappa shape index (κ2) is 8.57. The van der Waals surface area contributed by atoms with E-state index in [-0.39, 0.29) is 24.6 Å². The Hall–Kier alpha value is -2.24. The highest BCUT2D eigenvalue weighted by Crippen LogP contribution is 2.23. The summed E-state index contributed by atoms with van der Waals surface area (Å²) in [5, 5.41) is 2.61. The fraction of sp³-hybridized carbons (Fsp3) is 0.556. The summed E-state index contributed by atoms with van der Waals surface area (Å²) in [6.07, 6.45) is 2.72. The van der Waals surface area contributed by atoms with Crippen molar-refractivity contribution in [2.75, 3.05) is 18.5 Å². The average molecular weight is 334 g/mol. The van der Waals surface area contributed by atoms with E-state index in [1.54, 1.807) is 31.2 Å². The molecule has 2 rings (SSSR count). The maximum atomic E-state index is 12.5. The number of piperidine rings is 1. The predicted molar refractivity (Wildman–Crippen MR) is 92.2 cm³/mol. The van der Waals surface area contributed by atoms with E-state index in [1.807, 2.05) is 4.90 Å². The van der Waals surface area contributed by atoms with E-state index in [4.69, 9.17) is 9.47 Å². The lowest BCUT2D eigenvalue weighted by molar-refractivity contribution is -0.139. The van der Waals surface area contributed by atoms with E-state index >= 15 is 0 Å². The molecule has 1 aliphatic heterocycles. The van der Waals surface area contributed by atoms with Gasteiger partial charge in [0.05, 0.1) is 6.61 Å². The first kappa shape index (κ1) is 18.1. The van der Waals surface area contributed by atoms with E-state index in [1.165, 1.54) is 0 Å². The molecular weight excluding hydrogens is 308 g/mol. The van der Waals surface area contributed by atoms with Crippen LogP contribution in [0.2, 0.25) is 0 Å². The molecule has 0 aromatic heterocycles. The van der Waals surface area contributed by atoms with E-state index < -0.39 is 6.09 Å². The molecule has 2 atom stereocenters. The first-order chi connectivity index (χ1) is 11.5. The van der Waals surface area contributed by atoms with Crippen LogP contribution in [0.5, 0.6) is 5.75 Å². The van der Waals surface area contributed by atoms with Crippen LogP contribution < -0.4 is 10.1 Å². The lowest BCUT2D eigenvalue weighted by Crippen LogP contribution is -2.49. The molecule has 1 N–H and O–H groups in total. The number of carbonyl (C=O) groups excluding carboxylic acids is 2. The third-order valence-electron chi connectivity index (χ3n) is 4.20. The number of amides is 2. The number of benzene rings is 1. The molecule has 0 saturated carbocycles. The van der Waals surface area contributed by atoms with Crippen LogP contribution in [-0.2, 0) is 9.53 Å². The Kier molecular flexibility index (Phi) is 6.46. The van der Waals surface area contributed by atoms with Gasteiger partial charge in [0.15, 0.2) is 6.61 Å². The van der Waals surface area contributed by atoms with Gasteiger partial charge in [-0.2, -0.15) is 0 Å². The summed E-state index contributed by atoms with van der Waals surface area (Å²) in [5.74, 6) is 0.536. The topological polar surface area (TPSA) is 67.9 Å². The maximum absolute atomic E-state index is 12.5. The number of nitrogens with zero attached hydrogens (tertiary/aromatic N) is 1. The molecule has 1 saturated heterocycles. The van der Waals surface area contributed by atoms with Gasteiger partial charge in [-0.25, -0.2) is 4.79 Å². The summed E-state index contributed by atoms with van der Waals surface area (Å²) >= 11 is 0. The van der Waals surface area contributed by atoms with E-state index in [0.29, 0.717) is 18.0 Å². The van der Waals surface area contributed by atoms with Crippen LogP contribution in [0.1, 0.15) is 40.0 Å². The van der Waals surface area contributed by atoms with Crippen molar-refractivity contribution in [1.29, 1.82) is 0 Å². The third kappa shape index (κ3) is 4.88. The van der Waals surface area contributed by atoms with Crippen LogP contribution in [0.3, 0.4) is 0 Å². The van der Waals surface area contributed by atoms with Gasteiger partial charge in [0.2, 0.25) is 0 Å². The van der Waals surface area contributed by atoms with E-state index in [0.717, 1.165) is 19.3 Å². The summed E-state index contributed by atoms with van der Waals surface area (Å²) in [6.45, 7) is 6.21. The molecule has 6 nitrogen and oxygen atoms in total. The molecule has 1 aromatic rings. The normalized spacial score (nSPS) is 20.4. The van der Waals surface area contributed by atoms with Gasteiger partial charge in [-0.05, 0) is 52.2 Å². The maximum Gasteiger partial charge on any atom is 0.411 e. The molecule has 1 heterocycles. The molecule has 1 aliphatic rings. The minimum Gasteiger partial charge on any atom is -0.484 e. The fourth-order valence-electron chi connectivity index (χ4n) is 3.08. The fourth-order valence-corrected chi connectivity index (χ4v) is 3.08. The van der Waals surface area contributed by atoms with Crippen LogP contribution in [0, 0.1) is 0 Å². The number of carbonyl (C=O) groups is 2. The highest BCUT2D eigenvalue weighted by atomic mass is 16.5. The zero-order chi connectivity index (χ0) is 17.5. The standard InChI is InChI=1S/C18H26N2O4/c1-4-23-18(22)19-15-9-6-10-16(11-15)24-12-17(21)20-13(2)7-5-8-14(20)3/h6,9-11,13-14H,4-5,7-8,12H2,1-3H3,(H,19,22)/t13-,14-/m0/s1. The van der Waals surface area contributed by atoms with Crippen LogP contribution in [0.25, 0.3) is 0 Å². The minimum atomic E-state index is -0.512. The summed E-state index contributed by atoms with van der Waals surface area (Å²) < 4.78 is 10.5. The highest BCUT2D eigenvalue weighted by Gasteiger charge is 2.28. The molecule has 24 heavy (non-hydrogen) atoms. The summed E-state index contributed by atoms with van der Waals surface area (Å²) in [6, 6.07) is 7.43. The quantitative estimate of drug-likeness (QED) is 0.896. The number of nitrogens with one attached hydrogen (secondary N) is 1. The van der Waals surface area contributed by atoms with Crippen molar-refractivity contribution in [2.45, 2.75) is 52.1 Å². The van der Waals surface area contributed by atoms with Gasteiger partial charge >= 0.3 is 6.09 Å². The molecule has 132 valence electrons. The highest BCUT2D eigenvalue weighted by molar-refractivity contribution is 5.84. The van der Waals surface area contributed by atoms with Crippen molar-refractivity contribution in [2.24, 2.45) is 0 Å². The Balaban J connectivity index is 1.91. The van der Waals surface area contributed by atoms with Gasteiger partial charge in [0, 0.05) is 23.8 Å². The molecule has 1 aromatic carbocycles. The Morgan fingerprint density at radius 1 is 1.25 bits per heavy atom. The summed E-state index contributed by atoms with van der Waals surface area (Å²) in [5.41, 5.74) is 0.568. The molecule has 0 unspecified atom stereocenters. The molecular formula is C18H26N2O4. The first-order valence-electron chi connectivity index (χ1n) is 8.49.